The number of hydrogen-bond acceptors (Lipinski definition) is 2. The lowest BCUT2D eigenvalue weighted by atomic mass is 10.0. The van der Waals surface area contributed by atoms with Gasteiger partial charge < -0.3 is 9.69 Å². The summed E-state index contributed by atoms with van der Waals surface area (Å²) < 4.78 is 0. The predicted molar refractivity (Wildman–Crippen MR) is 69.9 cm³/mol. The van der Waals surface area contributed by atoms with Gasteiger partial charge in [-0.05, 0) is 25.3 Å². The van der Waals surface area contributed by atoms with Crippen molar-refractivity contribution in [1.29, 1.82) is 0 Å². The highest BCUT2D eigenvalue weighted by Crippen LogP contribution is 2.24. The highest BCUT2D eigenvalue weighted by Gasteiger charge is 2.31. The van der Waals surface area contributed by atoms with E-state index in [9.17, 15) is 9.59 Å². The van der Waals surface area contributed by atoms with Crippen molar-refractivity contribution in [2.75, 3.05) is 6.54 Å². The molecule has 18 heavy (non-hydrogen) atoms. The Morgan fingerprint density at radius 2 is 2.06 bits per heavy atom. The van der Waals surface area contributed by atoms with E-state index in [0.717, 1.165) is 18.5 Å². The van der Waals surface area contributed by atoms with Crippen LogP contribution in [0.2, 0.25) is 0 Å². The van der Waals surface area contributed by atoms with Gasteiger partial charge in [0.25, 0.3) is 0 Å². The van der Waals surface area contributed by atoms with Crippen molar-refractivity contribution >= 4 is 11.7 Å². The van der Waals surface area contributed by atoms with Gasteiger partial charge in [0.05, 0.1) is 0 Å². The zero-order valence-electron chi connectivity index (χ0n) is 10.8. The highest BCUT2D eigenvalue weighted by atomic mass is 16.2. The standard InChI is InChI=1S/C15H19NO2/c1-12(17)7-8-14-9-10-16(15(14)18)11-13-5-3-2-4-6-13/h2-6,14H,7-11H2,1H3. The molecular formula is C15H19NO2. The van der Waals surface area contributed by atoms with Crippen LogP contribution in [0.15, 0.2) is 30.3 Å². The van der Waals surface area contributed by atoms with Crippen molar-refractivity contribution in [3.8, 4) is 0 Å². The third-order valence-electron chi connectivity index (χ3n) is 3.47. The molecule has 0 saturated carbocycles. The first-order chi connectivity index (χ1) is 8.66. The summed E-state index contributed by atoms with van der Waals surface area (Å²) in [5.41, 5.74) is 1.16. The number of hydrogen-bond donors (Lipinski definition) is 0. The number of ketones is 1. The minimum atomic E-state index is 0.0533. The number of rotatable bonds is 5. The number of benzene rings is 1. The predicted octanol–water partition coefficient (Wildman–Crippen LogP) is 2.40. The van der Waals surface area contributed by atoms with Crippen molar-refractivity contribution in [3.05, 3.63) is 35.9 Å². The van der Waals surface area contributed by atoms with E-state index >= 15 is 0 Å². The molecule has 1 atom stereocenters. The molecule has 3 nitrogen and oxygen atoms in total. The molecule has 2 rings (SSSR count). The summed E-state index contributed by atoms with van der Waals surface area (Å²) in [4.78, 5) is 25.0. The third-order valence-corrected chi connectivity index (χ3v) is 3.47. The Hall–Kier alpha value is -1.64. The molecular weight excluding hydrogens is 226 g/mol. The van der Waals surface area contributed by atoms with E-state index in [4.69, 9.17) is 0 Å². The fourth-order valence-corrected chi connectivity index (χ4v) is 2.41. The summed E-state index contributed by atoms with van der Waals surface area (Å²) in [5, 5.41) is 0. The lowest BCUT2D eigenvalue weighted by Crippen LogP contribution is -2.27. The van der Waals surface area contributed by atoms with E-state index in [-0.39, 0.29) is 17.6 Å². The number of likely N-dealkylation sites (tertiary alicyclic amines) is 1. The Bertz CT molecular complexity index is 427. The van der Waals surface area contributed by atoms with E-state index in [1.54, 1.807) is 6.92 Å². The molecule has 1 fully saturated rings. The lowest BCUT2D eigenvalue weighted by Gasteiger charge is -2.16. The Morgan fingerprint density at radius 1 is 1.33 bits per heavy atom. The molecule has 1 unspecified atom stereocenters. The van der Waals surface area contributed by atoms with Crippen LogP contribution >= 0.6 is 0 Å². The first-order valence-corrected chi connectivity index (χ1v) is 6.49. The van der Waals surface area contributed by atoms with Crippen molar-refractivity contribution in [1.82, 2.24) is 4.90 Å². The van der Waals surface area contributed by atoms with E-state index in [1.165, 1.54) is 0 Å². The molecule has 1 aromatic rings. The smallest absolute Gasteiger partial charge is 0.226 e. The molecule has 1 aliphatic heterocycles. The van der Waals surface area contributed by atoms with Crippen LogP contribution in [-0.2, 0) is 16.1 Å². The molecule has 0 aromatic heterocycles. The topological polar surface area (TPSA) is 37.4 Å². The van der Waals surface area contributed by atoms with Gasteiger partial charge in [-0.25, -0.2) is 0 Å². The SMILES string of the molecule is CC(=O)CCC1CCN(Cc2ccccc2)C1=O. The largest absolute Gasteiger partial charge is 0.338 e. The van der Waals surface area contributed by atoms with Crippen molar-refractivity contribution in [3.63, 3.8) is 0 Å². The summed E-state index contributed by atoms with van der Waals surface area (Å²) in [6, 6.07) is 10.0. The zero-order valence-corrected chi connectivity index (χ0v) is 10.8. The molecule has 0 bridgehead atoms. The average molecular weight is 245 g/mol. The van der Waals surface area contributed by atoms with Crippen LogP contribution in [0, 0.1) is 5.92 Å². The summed E-state index contributed by atoms with van der Waals surface area (Å²) >= 11 is 0. The number of Topliss-reactive ketones (excluding diaryl/α,β-unsaturated/α-hetero) is 1. The van der Waals surface area contributed by atoms with Crippen LogP contribution in [0.4, 0.5) is 0 Å². The maximum Gasteiger partial charge on any atom is 0.226 e. The quantitative estimate of drug-likeness (QED) is 0.799. The number of amides is 1. The second kappa shape index (κ2) is 5.80. The summed E-state index contributed by atoms with van der Waals surface area (Å²) in [5.74, 6) is 0.432. The van der Waals surface area contributed by atoms with Gasteiger partial charge in [-0.3, -0.25) is 4.79 Å². The highest BCUT2D eigenvalue weighted by molar-refractivity contribution is 5.82. The van der Waals surface area contributed by atoms with Gasteiger partial charge in [0.15, 0.2) is 0 Å². The van der Waals surface area contributed by atoms with Crippen LogP contribution in [0.5, 0.6) is 0 Å². The van der Waals surface area contributed by atoms with Crippen molar-refractivity contribution in [2.24, 2.45) is 5.92 Å². The number of carbonyl (C=O) groups is 2. The van der Waals surface area contributed by atoms with Crippen LogP contribution in [0.1, 0.15) is 31.7 Å². The molecule has 1 aliphatic rings. The summed E-state index contributed by atoms with van der Waals surface area (Å²) in [7, 11) is 0. The molecule has 0 aliphatic carbocycles. The van der Waals surface area contributed by atoms with Gasteiger partial charge in [0.2, 0.25) is 5.91 Å². The number of nitrogens with zero attached hydrogens (tertiary/aromatic N) is 1. The molecule has 1 aromatic carbocycles. The maximum absolute atomic E-state index is 12.1. The summed E-state index contributed by atoms with van der Waals surface area (Å²) in [6.07, 6.45) is 2.12. The first kappa shape index (κ1) is 12.8. The molecule has 0 N–H and O–H groups in total. The van der Waals surface area contributed by atoms with Crippen molar-refractivity contribution < 1.29 is 9.59 Å². The Balaban J connectivity index is 1.89. The lowest BCUT2D eigenvalue weighted by molar-refractivity contribution is -0.131. The van der Waals surface area contributed by atoms with Gasteiger partial charge >= 0.3 is 0 Å². The van der Waals surface area contributed by atoms with Crippen LogP contribution in [-0.4, -0.2) is 23.1 Å². The van der Waals surface area contributed by atoms with E-state index in [0.29, 0.717) is 19.4 Å². The maximum atomic E-state index is 12.1. The third kappa shape index (κ3) is 3.19. The van der Waals surface area contributed by atoms with E-state index < -0.39 is 0 Å². The van der Waals surface area contributed by atoms with Crippen molar-refractivity contribution in [2.45, 2.75) is 32.7 Å². The van der Waals surface area contributed by atoms with Gasteiger partial charge in [0, 0.05) is 25.4 Å². The van der Waals surface area contributed by atoms with E-state index in [1.807, 2.05) is 35.2 Å². The Morgan fingerprint density at radius 3 is 2.72 bits per heavy atom. The average Bonchev–Trinajstić information content (AvgIpc) is 2.70. The number of carbonyl (C=O) groups excluding carboxylic acids is 2. The second-order valence-corrected chi connectivity index (χ2v) is 4.97. The molecule has 3 heteroatoms. The summed E-state index contributed by atoms with van der Waals surface area (Å²) in [6.45, 7) is 3.09. The normalized spacial score (nSPS) is 19.3. The zero-order chi connectivity index (χ0) is 13.0. The molecule has 0 spiro atoms. The second-order valence-electron chi connectivity index (χ2n) is 4.97. The molecule has 1 heterocycles. The van der Waals surface area contributed by atoms with Crippen LogP contribution < -0.4 is 0 Å². The first-order valence-electron chi connectivity index (χ1n) is 6.49. The van der Waals surface area contributed by atoms with Crippen LogP contribution in [0.3, 0.4) is 0 Å². The minimum Gasteiger partial charge on any atom is -0.338 e. The fourth-order valence-electron chi connectivity index (χ4n) is 2.41. The molecule has 1 saturated heterocycles. The molecule has 1 amide bonds. The van der Waals surface area contributed by atoms with Gasteiger partial charge in [-0.15, -0.1) is 0 Å². The van der Waals surface area contributed by atoms with Gasteiger partial charge in [-0.1, -0.05) is 30.3 Å². The van der Waals surface area contributed by atoms with Gasteiger partial charge in [-0.2, -0.15) is 0 Å². The fraction of sp³-hybridized carbons (Fsp3) is 0.467. The van der Waals surface area contributed by atoms with E-state index in [2.05, 4.69) is 0 Å². The Kier molecular flexibility index (Phi) is 4.13. The molecule has 96 valence electrons. The Labute approximate surface area is 108 Å². The monoisotopic (exact) mass is 245 g/mol. The van der Waals surface area contributed by atoms with Gasteiger partial charge in [0.1, 0.15) is 5.78 Å². The van der Waals surface area contributed by atoms with Crippen LogP contribution in [0.25, 0.3) is 0 Å². The minimum absolute atomic E-state index is 0.0533. The molecule has 0 radical (unpaired) electrons.